The second kappa shape index (κ2) is 6.53. The van der Waals surface area contributed by atoms with Crippen molar-refractivity contribution in [1.29, 1.82) is 5.26 Å². The van der Waals surface area contributed by atoms with E-state index in [-0.39, 0.29) is 12.2 Å². The highest BCUT2D eigenvalue weighted by Gasteiger charge is 2.12. The molecule has 0 atom stereocenters. The minimum absolute atomic E-state index is 0.119. The van der Waals surface area contributed by atoms with Gasteiger partial charge in [0, 0.05) is 5.56 Å². The lowest BCUT2D eigenvalue weighted by Gasteiger charge is -2.11. The topological polar surface area (TPSA) is 62.1 Å². The minimum atomic E-state index is -0.472. The average Bonchev–Trinajstić information content (AvgIpc) is 2.48. The Labute approximate surface area is 121 Å². The van der Waals surface area contributed by atoms with E-state index in [0.29, 0.717) is 17.0 Å². The van der Waals surface area contributed by atoms with Gasteiger partial charge in [-0.1, -0.05) is 18.2 Å². The van der Waals surface area contributed by atoms with Crippen LogP contribution in [0, 0.1) is 24.1 Å². The van der Waals surface area contributed by atoms with Crippen molar-refractivity contribution < 1.29 is 13.9 Å². The fourth-order valence-corrected chi connectivity index (χ4v) is 1.83. The van der Waals surface area contributed by atoms with Crippen molar-refractivity contribution in [2.45, 2.75) is 6.92 Å². The highest BCUT2D eigenvalue weighted by atomic mass is 19.1. The fraction of sp³-hybridized carbons (Fsp3) is 0.125. The molecule has 2 aromatic rings. The van der Waals surface area contributed by atoms with Gasteiger partial charge in [0.15, 0.2) is 6.61 Å². The van der Waals surface area contributed by atoms with Gasteiger partial charge in [-0.05, 0) is 36.8 Å². The van der Waals surface area contributed by atoms with Crippen molar-refractivity contribution in [3.05, 3.63) is 59.4 Å². The Balaban J connectivity index is 2.24. The van der Waals surface area contributed by atoms with E-state index < -0.39 is 11.7 Å². The van der Waals surface area contributed by atoms with Crippen molar-refractivity contribution in [2.75, 3.05) is 11.9 Å². The van der Waals surface area contributed by atoms with Gasteiger partial charge in [-0.25, -0.2) is 4.39 Å². The molecule has 4 nitrogen and oxygen atoms in total. The van der Waals surface area contributed by atoms with Gasteiger partial charge >= 0.3 is 0 Å². The van der Waals surface area contributed by atoms with Gasteiger partial charge in [-0.15, -0.1) is 0 Å². The molecule has 106 valence electrons. The molecule has 0 aliphatic heterocycles. The first-order valence-corrected chi connectivity index (χ1v) is 6.28. The summed E-state index contributed by atoms with van der Waals surface area (Å²) in [5.41, 5.74) is 1.36. The molecular formula is C16H13FN2O2. The van der Waals surface area contributed by atoms with E-state index in [9.17, 15) is 9.18 Å². The summed E-state index contributed by atoms with van der Waals surface area (Å²) in [6.45, 7) is 1.61. The number of para-hydroxylation sites is 2. The Morgan fingerprint density at radius 1 is 1.33 bits per heavy atom. The SMILES string of the molecule is Cc1ccc(F)cc1C(=O)Nc1ccccc1OCC#N. The van der Waals surface area contributed by atoms with Crippen LogP contribution in [0.5, 0.6) is 5.75 Å². The van der Waals surface area contributed by atoms with E-state index in [2.05, 4.69) is 5.32 Å². The minimum Gasteiger partial charge on any atom is -0.477 e. The number of nitriles is 1. The summed E-state index contributed by atoms with van der Waals surface area (Å²) in [6.07, 6.45) is 0. The number of halogens is 1. The smallest absolute Gasteiger partial charge is 0.256 e. The third-order valence-corrected chi connectivity index (χ3v) is 2.87. The highest BCUT2D eigenvalue weighted by Crippen LogP contribution is 2.24. The normalized spacial score (nSPS) is 9.76. The van der Waals surface area contributed by atoms with Gasteiger partial charge in [-0.2, -0.15) is 5.26 Å². The van der Waals surface area contributed by atoms with Crippen molar-refractivity contribution in [1.82, 2.24) is 0 Å². The van der Waals surface area contributed by atoms with Gasteiger partial charge in [0.2, 0.25) is 0 Å². The Hall–Kier alpha value is -2.87. The molecule has 0 aliphatic rings. The lowest BCUT2D eigenvalue weighted by atomic mass is 10.1. The highest BCUT2D eigenvalue weighted by molar-refractivity contribution is 6.06. The van der Waals surface area contributed by atoms with Crippen LogP contribution in [0.2, 0.25) is 0 Å². The van der Waals surface area contributed by atoms with Gasteiger partial charge in [0.05, 0.1) is 5.69 Å². The summed E-state index contributed by atoms with van der Waals surface area (Å²) in [4.78, 5) is 12.2. The molecule has 0 saturated heterocycles. The van der Waals surface area contributed by atoms with Crippen LogP contribution in [-0.4, -0.2) is 12.5 Å². The Bertz CT molecular complexity index is 708. The molecule has 1 N–H and O–H groups in total. The number of nitrogens with zero attached hydrogens (tertiary/aromatic N) is 1. The van der Waals surface area contributed by atoms with Crippen molar-refractivity contribution >= 4 is 11.6 Å². The van der Waals surface area contributed by atoms with E-state index in [1.807, 2.05) is 6.07 Å². The largest absolute Gasteiger partial charge is 0.477 e. The molecule has 0 aliphatic carbocycles. The number of hydrogen-bond donors (Lipinski definition) is 1. The number of rotatable bonds is 4. The number of anilines is 1. The number of amides is 1. The maximum atomic E-state index is 13.3. The summed E-state index contributed by atoms with van der Waals surface area (Å²) in [7, 11) is 0. The standard InChI is InChI=1S/C16H13FN2O2/c1-11-6-7-12(17)10-13(11)16(20)19-14-4-2-3-5-15(14)21-9-8-18/h2-7,10H,9H2,1H3,(H,19,20). The summed E-state index contributed by atoms with van der Waals surface area (Å²) in [5, 5.41) is 11.2. The van der Waals surface area contributed by atoms with Crippen LogP contribution in [0.3, 0.4) is 0 Å². The lowest BCUT2D eigenvalue weighted by Crippen LogP contribution is -2.14. The average molecular weight is 284 g/mol. The van der Waals surface area contributed by atoms with Crippen LogP contribution >= 0.6 is 0 Å². The van der Waals surface area contributed by atoms with Crippen molar-refractivity contribution in [3.63, 3.8) is 0 Å². The predicted molar refractivity (Wildman–Crippen MR) is 76.6 cm³/mol. The Morgan fingerprint density at radius 3 is 2.86 bits per heavy atom. The molecule has 0 saturated carbocycles. The first kappa shape index (κ1) is 14.5. The summed E-state index contributed by atoms with van der Waals surface area (Å²) in [5.74, 6) is -0.513. The number of hydrogen-bond acceptors (Lipinski definition) is 3. The maximum absolute atomic E-state index is 13.3. The van der Waals surface area contributed by atoms with Crippen molar-refractivity contribution in [2.24, 2.45) is 0 Å². The molecule has 0 aromatic heterocycles. The molecule has 0 fully saturated rings. The van der Waals surface area contributed by atoms with Crippen LogP contribution in [0.15, 0.2) is 42.5 Å². The number of nitrogens with one attached hydrogen (secondary N) is 1. The van der Waals surface area contributed by atoms with Crippen LogP contribution in [0.4, 0.5) is 10.1 Å². The number of aryl methyl sites for hydroxylation is 1. The number of carbonyl (C=O) groups excluding carboxylic acids is 1. The van der Waals surface area contributed by atoms with Gasteiger partial charge in [-0.3, -0.25) is 4.79 Å². The molecule has 5 heteroatoms. The van der Waals surface area contributed by atoms with Crippen molar-refractivity contribution in [3.8, 4) is 11.8 Å². The zero-order chi connectivity index (χ0) is 15.2. The third kappa shape index (κ3) is 3.57. The van der Waals surface area contributed by atoms with Gasteiger partial charge in [0.25, 0.3) is 5.91 Å². The van der Waals surface area contributed by atoms with Crippen LogP contribution in [-0.2, 0) is 0 Å². The molecular weight excluding hydrogens is 271 g/mol. The Morgan fingerprint density at radius 2 is 2.10 bits per heavy atom. The molecule has 0 unspecified atom stereocenters. The zero-order valence-electron chi connectivity index (χ0n) is 11.4. The van der Waals surface area contributed by atoms with Gasteiger partial charge in [0.1, 0.15) is 17.6 Å². The van der Waals surface area contributed by atoms with E-state index in [0.717, 1.165) is 0 Å². The Kier molecular flexibility index (Phi) is 4.52. The van der Waals surface area contributed by atoms with E-state index >= 15 is 0 Å². The first-order valence-electron chi connectivity index (χ1n) is 6.28. The monoisotopic (exact) mass is 284 g/mol. The van der Waals surface area contributed by atoms with Gasteiger partial charge < -0.3 is 10.1 Å². The molecule has 2 aromatic carbocycles. The second-order valence-corrected chi connectivity index (χ2v) is 4.36. The van der Waals surface area contributed by atoms with Crippen LogP contribution in [0.1, 0.15) is 15.9 Å². The van der Waals surface area contributed by atoms with E-state index in [4.69, 9.17) is 10.00 Å². The molecule has 21 heavy (non-hydrogen) atoms. The molecule has 0 spiro atoms. The summed E-state index contributed by atoms with van der Waals surface area (Å²) in [6, 6.07) is 12.6. The van der Waals surface area contributed by atoms with E-state index in [1.165, 1.54) is 12.1 Å². The molecule has 0 radical (unpaired) electrons. The quantitative estimate of drug-likeness (QED) is 0.937. The summed E-state index contributed by atoms with van der Waals surface area (Å²) >= 11 is 0. The molecule has 1 amide bonds. The number of benzene rings is 2. The molecule has 2 rings (SSSR count). The van der Waals surface area contributed by atoms with Crippen LogP contribution in [0.25, 0.3) is 0 Å². The fourth-order valence-electron chi connectivity index (χ4n) is 1.83. The molecule has 0 heterocycles. The first-order chi connectivity index (χ1) is 10.1. The maximum Gasteiger partial charge on any atom is 0.256 e. The summed E-state index contributed by atoms with van der Waals surface area (Å²) < 4.78 is 18.5. The second-order valence-electron chi connectivity index (χ2n) is 4.36. The lowest BCUT2D eigenvalue weighted by molar-refractivity contribution is 0.102. The van der Waals surface area contributed by atoms with E-state index in [1.54, 1.807) is 37.3 Å². The number of ether oxygens (including phenoxy) is 1. The zero-order valence-corrected chi connectivity index (χ0v) is 11.4. The molecule has 0 bridgehead atoms. The predicted octanol–water partition coefficient (Wildman–Crippen LogP) is 3.29. The number of carbonyl (C=O) groups is 1. The van der Waals surface area contributed by atoms with Crippen LogP contribution < -0.4 is 10.1 Å². The third-order valence-electron chi connectivity index (χ3n) is 2.87.